The number of rotatable bonds is 6. The van der Waals surface area contributed by atoms with Gasteiger partial charge in [-0.25, -0.2) is 4.68 Å². The Balaban J connectivity index is 1.87. The Hall–Kier alpha value is -3.12. The van der Waals surface area contributed by atoms with Crippen molar-refractivity contribution in [3.63, 3.8) is 0 Å². The fourth-order valence-corrected chi connectivity index (χ4v) is 3.21. The number of ether oxygens (including phenoxy) is 1. The van der Waals surface area contributed by atoms with Crippen LogP contribution in [0.5, 0.6) is 5.75 Å². The molecule has 0 radical (unpaired) electrons. The summed E-state index contributed by atoms with van der Waals surface area (Å²) in [5.74, 6) is 0.377. The number of methoxy groups -OCH3 is 1. The lowest BCUT2D eigenvalue weighted by atomic mass is 10.1. The molecule has 150 valence electrons. The Labute approximate surface area is 174 Å². The lowest BCUT2D eigenvalue weighted by Crippen LogP contribution is -2.35. The van der Waals surface area contributed by atoms with E-state index in [0.29, 0.717) is 28.4 Å². The Morgan fingerprint density at radius 2 is 1.97 bits per heavy atom. The Morgan fingerprint density at radius 3 is 2.69 bits per heavy atom. The predicted octanol–water partition coefficient (Wildman–Crippen LogP) is 4.00. The summed E-state index contributed by atoms with van der Waals surface area (Å²) in [6, 6.07) is 15.3. The van der Waals surface area contributed by atoms with Crippen LogP contribution in [-0.2, 0) is 11.2 Å². The second kappa shape index (κ2) is 8.92. The number of aromatic nitrogens is 2. The summed E-state index contributed by atoms with van der Waals surface area (Å²) in [6.45, 7) is 3.44. The normalized spacial score (nSPS) is 11.7. The standard InChI is InChI=1S/C22H22ClN3O3/c1-14-10-17(11-16-6-4-9-20(12-16)29-3)22(28)26(25-14)15(2)21(27)24-19-8-5-7-18(23)13-19/h4-10,12-13,15H,11H2,1-3H3,(H,24,27). The first kappa shape index (κ1) is 20.6. The lowest BCUT2D eigenvalue weighted by molar-refractivity contribution is -0.119. The van der Waals surface area contributed by atoms with E-state index in [0.717, 1.165) is 11.3 Å². The first-order valence-electron chi connectivity index (χ1n) is 9.16. The molecule has 2 aromatic carbocycles. The van der Waals surface area contributed by atoms with Crippen molar-refractivity contribution in [1.29, 1.82) is 0 Å². The van der Waals surface area contributed by atoms with Crippen molar-refractivity contribution in [3.05, 3.63) is 86.8 Å². The SMILES string of the molecule is COc1cccc(Cc2cc(C)nn(C(C)C(=O)Nc3cccc(Cl)c3)c2=O)c1. The van der Waals surface area contributed by atoms with Crippen LogP contribution in [0.25, 0.3) is 0 Å². The van der Waals surface area contributed by atoms with E-state index in [9.17, 15) is 9.59 Å². The maximum atomic E-state index is 13.0. The van der Waals surface area contributed by atoms with E-state index in [1.807, 2.05) is 24.3 Å². The zero-order valence-corrected chi connectivity index (χ0v) is 17.2. The van der Waals surface area contributed by atoms with Crippen molar-refractivity contribution in [1.82, 2.24) is 9.78 Å². The van der Waals surface area contributed by atoms with Crippen LogP contribution in [-0.4, -0.2) is 22.8 Å². The number of anilines is 1. The van der Waals surface area contributed by atoms with E-state index in [1.165, 1.54) is 4.68 Å². The van der Waals surface area contributed by atoms with Crippen molar-refractivity contribution in [2.24, 2.45) is 0 Å². The van der Waals surface area contributed by atoms with Gasteiger partial charge >= 0.3 is 0 Å². The maximum Gasteiger partial charge on any atom is 0.271 e. The Morgan fingerprint density at radius 1 is 1.21 bits per heavy atom. The monoisotopic (exact) mass is 411 g/mol. The molecular weight excluding hydrogens is 390 g/mol. The molecule has 0 fully saturated rings. The van der Waals surface area contributed by atoms with Crippen LogP contribution < -0.4 is 15.6 Å². The van der Waals surface area contributed by atoms with Gasteiger partial charge in [0.2, 0.25) is 5.91 Å². The molecule has 1 atom stereocenters. The van der Waals surface area contributed by atoms with Crippen molar-refractivity contribution in [2.45, 2.75) is 26.3 Å². The minimum absolute atomic E-state index is 0.299. The van der Waals surface area contributed by atoms with Gasteiger partial charge in [-0.05, 0) is 55.8 Å². The van der Waals surface area contributed by atoms with Gasteiger partial charge in [0, 0.05) is 22.7 Å². The Kier molecular flexibility index (Phi) is 6.34. The molecule has 1 unspecified atom stereocenters. The van der Waals surface area contributed by atoms with Crippen molar-refractivity contribution in [3.8, 4) is 5.75 Å². The van der Waals surface area contributed by atoms with Crippen LogP contribution in [0.2, 0.25) is 5.02 Å². The van der Waals surface area contributed by atoms with E-state index >= 15 is 0 Å². The molecule has 6 nitrogen and oxygen atoms in total. The zero-order chi connectivity index (χ0) is 21.0. The van der Waals surface area contributed by atoms with Gasteiger partial charge in [0.1, 0.15) is 11.8 Å². The summed E-state index contributed by atoms with van der Waals surface area (Å²) < 4.78 is 6.47. The maximum absolute atomic E-state index is 13.0. The molecular formula is C22H22ClN3O3. The number of hydrogen-bond donors (Lipinski definition) is 1. The quantitative estimate of drug-likeness (QED) is 0.665. The molecule has 0 aliphatic carbocycles. The van der Waals surface area contributed by atoms with Gasteiger partial charge in [0.05, 0.1) is 12.8 Å². The summed E-state index contributed by atoms with van der Waals surface area (Å²) >= 11 is 5.96. The molecule has 0 saturated heterocycles. The fourth-order valence-electron chi connectivity index (χ4n) is 3.02. The van der Waals surface area contributed by atoms with Crippen LogP contribution in [0.4, 0.5) is 5.69 Å². The Bertz CT molecular complexity index is 1090. The summed E-state index contributed by atoms with van der Waals surface area (Å²) in [5.41, 5.74) is 2.42. The van der Waals surface area contributed by atoms with Crippen molar-refractivity contribution >= 4 is 23.2 Å². The number of halogens is 1. The summed E-state index contributed by atoms with van der Waals surface area (Å²) in [6.07, 6.45) is 0.419. The number of carbonyl (C=O) groups excluding carboxylic acids is 1. The number of benzene rings is 2. The van der Waals surface area contributed by atoms with Crippen LogP contribution in [0.3, 0.4) is 0 Å². The fraction of sp³-hybridized carbons (Fsp3) is 0.227. The average Bonchev–Trinajstić information content (AvgIpc) is 2.70. The van der Waals surface area contributed by atoms with Gasteiger partial charge in [0.25, 0.3) is 5.56 Å². The van der Waals surface area contributed by atoms with E-state index in [-0.39, 0.29) is 11.5 Å². The van der Waals surface area contributed by atoms with Gasteiger partial charge in [-0.1, -0.05) is 29.8 Å². The first-order valence-corrected chi connectivity index (χ1v) is 9.54. The highest BCUT2D eigenvalue weighted by atomic mass is 35.5. The highest BCUT2D eigenvalue weighted by molar-refractivity contribution is 6.30. The van der Waals surface area contributed by atoms with Gasteiger partial charge in [-0.2, -0.15) is 5.10 Å². The van der Waals surface area contributed by atoms with Gasteiger partial charge in [-0.3, -0.25) is 9.59 Å². The van der Waals surface area contributed by atoms with Crippen LogP contribution in [0.15, 0.2) is 59.4 Å². The number of amides is 1. The molecule has 7 heteroatoms. The number of nitrogens with zero attached hydrogens (tertiary/aromatic N) is 2. The molecule has 1 heterocycles. The second-order valence-corrected chi connectivity index (χ2v) is 7.20. The summed E-state index contributed by atoms with van der Waals surface area (Å²) in [7, 11) is 1.60. The molecule has 1 N–H and O–H groups in total. The molecule has 0 aliphatic rings. The number of nitrogens with one attached hydrogen (secondary N) is 1. The third-order valence-electron chi connectivity index (χ3n) is 4.50. The molecule has 3 aromatic rings. The summed E-state index contributed by atoms with van der Waals surface area (Å²) in [4.78, 5) is 25.7. The molecule has 0 bridgehead atoms. The van der Waals surface area contributed by atoms with Gasteiger partial charge in [-0.15, -0.1) is 0 Å². The number of aryl methyl sites for hydroxylation is 1. The third kappa shape index (κ3) is 5.03. The van der Waals surface area contributed by atoms with Gasteiger partial charge < -0.3 is 10.1 Å². The van der Waals surface area contributed by atoms with Crippen LogP contribution >= 0.6 is 11.6 Å². The highest BCUT2D eigenvalue weighted by Crippen LogP contribution is 2.18. The van der Waals surface area contributed by atoms with E-state index < -0.39 is 6.04 Å². The minimum atomic E-state index is -0.787. The molecule has 3 rings (SSSR count). The molecule has 29 heavy (non-hydrogen) atoms. The highest BCUT2D eigenvalue weighted by Gasteiger charge is 2.20. The molecule has 0 aliphatic heterocycles. The predicted molar refractivity (Wildman–Crippen MR) is 114 cm³/mol. The molecule has 1 amide bonds. The lowest BCUT2D eigenvalue weighted by Gasteiger charge is -2.16. The van der Waals surface area contributed by atoms with Gasteiger partial charge in [0.15, 0.2) is 0 Å². The van der Waals surface area contributed by atoms with Crippen LogP contribution in [0, 0.1) is 6.92 Å². The molecule has 0 spiro atoms. The minimum Gasteiger partial charge on any atom is -0.497 e. The largest absolute Gasteiger partial charge is 0.497 e. The topological polar surface area (TPSA) is 73.2 Å². The smallest absolute Gasteiger partial charge is 0.271 e. The number of hydrogen-bond acceptors (Lipinski definition) is 4. The summed E-state index contributed by atoms with van der Waals surface area (Å²) in [5, 5.41) is 7.57. The van der Waals surface area contributed by atoms with Crippen molar-refractivity contribution in [2.75, 3.05) is 12.4 Å². The first-order chi connectivity index (χ1) is 13.9. The molecule has 1 aromatic heterocycles. The third-order valence-corrected chi connectivity index (χ3v) is 4.73. The number of carbonyl (C=O) groups is 1. The van der Waals surface area contributed by atoms with Crippen LogP contribution in [0.1, 0.15) is 29.8 Å². The molecule has 0 saturated carbocycles. The van der Waals surface area contributed by atoms with E-state index in [1.54, 1.807) is 51.3 Å². The zero-order valence-electron chi connectivity index (χ0n) is 16.5. The van der Waals surface area contributed by atoms with Crippen molar-refractivity contribution < 1.29 is 9.53 Å². The van der Waals surface area contributed by atoms with E-state index in [4.69, 9.17) is 16.3 Å². The van der Waals surface area contributed by atoms with E-state index in [2.05, 4.69) is 10.4 Å². The second-order valence-electron chi connectivity index (χ2n) is 6.76. The average molecular weight is 412 g/mol.